The number of hydrogen-bond donors (Lipinski definition) is 0. The second-order valence-corrected chi connectivity index (χ2v) is 9.68. The molecule has 3 aromatic rings. The number of rotatable bonds is 5. The van der Waals surface area contributed by atoms with Crippen molar-refractivity contribution in [2.75, 3.05) is 29.9 Å². The zero-order valence-corrected chi connectivity index (χ0v) is 19.5. The summed E-state index contributed by atoms with van der Waals surface area (Å²) >= 11 is 12.4. The van der Waals surface area contributed by atoms with Gasteiger partial charge < -0.3 is 9.80 Å². The van der Waals surface area contributed by atoms with Crippen molar-refractivity contribution in [2.45, 2.75) is 30.2 Å². The molecule has 0 fully saturated rings. The van der Waals surface area contributed by atoms with Crippen molar-refractivity contribution in [3.8, 4) is 0 Å². The van der Waals surface area contributed by atoms with Gasteiger partial charge in [-0.15, -0.1) is 0 Å². The molecule has 0 saturated carbocycles. The lowest BCUT2D eigenvalue weighted by Crippen LogP contribution is -2.29. The summed E-state index contributed by atoms with van der Waals surface area (Å²) in [6.07, 6.45) is 2.60. The molecule has 0 radical (unpaired) electrons. The first-order valence-electron chi connectivity index (χ1n) is 9.79. The molecule has 0 saturated heterocycles. The molecule has 1 unspecified atom stereocenters. The summed E-state index contributed by atoms with van der Waals surface area (Å²) in [6.45, 7) is 5.78. The quantitative estimate of drug-likeness (QED) is 0.458. The molecule has 7 heteroatoms. The number of fused-ring (bicyclic) bond motifs is 2. The Morgan fingerprint density at radius 1 is 1.13 bits per heavy atom. The lowest BCUT2D eigenvalue weighted by molar-refractivity contribution is 0.676. The van der Waals surface area contributed by atoms with Crippen molar-refractivity contribution in [2.24, 2.45) is 0 Å². The molecule has 1 aliphatic heterocycles. The largest absolute Gasteiger partial charge is 0.373 e. The predicted octanol–water partition coefficient (Wildman–Crippen LogP) is 6.15. The molecule has 1 aliphatic rings. The SMILES string of the molecule is Cc1ccc2c(c1C)N(CCCN(C)c1ccc(Cl)cc1Cl)c1cccnc1S2=O. The average molecular weight is 460 g/mol. The van der Waals surface area contributed by atoms with Crippen LogP contribution in [0.2, 0.25) is 10.0 Å². The van der Waals surface area contributed by atoms with Crippen molar-refractivity contribution >= 4 is 51.1 Å². The minimum absolute atomic E-state index is 0.627. The second kappa shape index (κ2) is 8.58. The fourth-order valence-electron chi connectivity index (χ4n) is 3.83. The number of anilines is 3. The van der Waals surface area contributed by atoms with E-state index in [0.717, 1.165) is 47.0 Å². The Hall–Kier alpha value is -2.08. The van der Waals surface area contributed by atoms with E-state index < -0.39 is 10.8 Å². The molecule has 30 heavy (non-hydrogen) atoms. The number of nitrogens with zero attached hydrogens (tertiary/aromatic N) is 3. The molecule has 0 spiro atoms. The summed E-state index contributed by atoms with van der Waals surface area (Å²) in [6, 6.07) is 13.5. The van der Waals surface area contributed by atoms with E-state index in [0.29, 0.717) is 15.1 Å². The van der Waals surface area contributed by atoms with Crippen LogP contribution in [-0.4, -0.2) is 29.3 Å². The molecule has 0 aliphatic carbocycles. The van der Waals surface area contributed by atoms with Crippen molar-refractivity contribution in [1.82, 2.24) is 4.98 Å². The van der Waals surface area contributed by atoms with Crippen LogP contribution in [0.15, 0.2) is 58.6 Å². The van der Waals surface area contributed by atoms with Crippen LogP contribution >= 0.6 is 23.2 Å². The first-order chi connectivity index (χ1) is 14.4. The van der Waals surface area contributed by atoms with Gasteiger partial charge in [-0.25, -0.2) is 9.19 Å². The maximum atomic E-state index is 13.1. The van der Waals surface area contributed by atoms with E-state index in [-0.39, 0.29) is 0 Å². The van der Waals surface area contributed by atoms with Crippen molar-refractivity contribution in [3.05, 3.63) is 69.8 Å². The third-order valence-corrected chi connectivity index (χ3v) is 7.48. The monoisotopic (exact) mass is 459 g/mol. The zero-order valence-electron chi connectivity index (χ0n) is 17.2. The number of benzene rings is 2. The van der Waals surface area contributed by atoms with E-state index in [2.05, 4.69) is 28.6 Å². The van der Waals surface area contributed by atoms with Crippen LogP contribution in [-0.2, 0) is 10.8 Å². The predicted molar refractivity (Wildman–Crippen MR) is 126 cm³/mol. The van der Waals surface area contributed by atoms with Crippen molar-refractivity contribution in [3.63, 3.8) is 0 Å². The van der Waals surface area contributed by atoms with Gasteiger partial charge in [0.1, 0.15) is 10.8 Å². The van der Waals surface area contributed by atoms with Crippen LogP contribution in [0.25, 0.3) is 0 Å². The van der Waals surface area contributed by atoms with Crippen LogP contribution in [0.1, 0.15) is 17.5 Å². The van der Waals surface area contributed by atoms with E-state index >= 15 is 0 Å². The van der Waals surface area contributed by atoms with E-state index in [9.17, 15) is 4.21 Å². The third-order valence-electron chi connectivity index (χ3n) is 5.55. The summed E-state index contributed by atoms with van der Waals surface area (Å²) < 4.78 is 13.1. The van der Waals surface area contributed by atoms with Gasteiger partial charge >= 0.3 is 0 Å². The van der Waals surface area contributed by atoms with Gasteiger partial charge in [-0.2, -0.15) is 0 Å². The van der Waals surface area contributed by atoms with Gasteiger partial charge in [0.2, 0.25) is 0 Å². The average Bonchev–Trinajstić information content (AvgIpc) is 2.72. The van der Waals surface area contributed by atoms with Crippen LogP contribution in [0, 0.1) is 13.8 Å². The first-order valence-corrected chi connectivity index (χ1v) is 11.7. The topological polar surface area (TPSA) is 36.4 Å². The van der Waals surface area contributed by atoms with E-state index in [4.69, 9.17) is 23.2 Å². The Balaban J connectivity index is 1.61. The van der Waals surface area contributed by atoms with Crippen LogP contribution < -0.4 is 9.80 Å². The smallest absolute Gasteiger partial charge is 0.155 e. The van der Waals surface area contributed by atoms with Gasteiger partial charge in [0.15, 0.2) is 5.03 Å². The molecular formula is C23H23Cl2N3OS. The van der Waals surface area contributed by atoms with Gasteiger partial charge in [-0.05, 0) is 67.8 Å². The molecule has 0 amide bonds. The number of aryl methyl sites for hydroxylation is 1. The minimum Gasteiger partial charge on any atom is -0.373 e. The number of hydrogen-bond acceptors (Lipinski definition) is 4. The van der Waals surface area contributed by atoms with E-state index in [1.807, 2.05) is 43.4 Å². The Morgan fingerprint density at radius 2 is 1.93 bits per heavy atom. The lowest BCUT2D eigenvalue weighted by Gasteiger charge is -2.34. The molecule has 0 N–H and O–H groups in total. The van der Waals surface area contributed by atoms with Crippen LogP contribution in [0.3, 0.4) is 0 Å². The normalized spacial score (nSPS) is 15.0. The molecule has 1 aromatic heterocycles. The van der Waals surface area contributed by atoms with E-state index in [1.54, 1.807) is 12.3 Å². The standard InChI is InChI=1S/C23H23Cl2N3OS/c1-15-7-10-21-22(16(15)2)28(20-6-4-11-26-23(20)30(21)29)13-5-12-27(3)19-9-8-17(24)14-18(19)25/h4,6-11,14H,5,12-13H2,1-3H3. The molecule has 4 rings (SSSR count). The summed E-state index contributed by atoms with van der Waals surface area (Å²) in [7, 11) is 0.755. The van der Waals surface area contributed by atoms with Gasteiger partial charge in [0.05, 0.1) is 27.0 Å². The molecule has 2 heterocycles. The Bertz CT molecular complexity index is 1140. The van der Waals surface area contributed by atoms with Gasteiger partial charge in [0, 0.05) is 31.4 Å². The summed E-state index contributed by atoms with van der Waals surface area (Å²) in [4.78, 5) is 9.66. The third kappa shape index (κ3) is 3.82. The molecule has 2 aromatic carbocycles. The van der Waals surface area contributed by atoms with Crippen molar-refractivity contribution < 1.29 is 4.21 Å². The van der Waals surface area contributed by atoms with E-state index in [1.165, 1.54) is 5.56 Å². The Kier molecular flexibility index (Phi) is 6.05. The summed E-state index contributed by atoms with van der Waals surface area (Å²) in [5.41, 5.74) is 5.26. The highest BCUT2D eigenvalue weighted by Crippen LogP contribution is 2.43. The zero-order chi connectivity index (χ0) is 21.4. The maximum Gasteiger partial charge on any atom is 0.155 e. The Labute approximate surface area is 189 Å². The fraction of sp³-hybridized carbons (Fsp3) is 0.261. The molecule has 156 valence electrons. The second-order valence-electron chi connectivity index (χ2n) is 7.47. The fourth-order valence-corrected chi connectivity index (χ4v) is 5.74. The number of halogens is 2. The van der Waals surface area contributed by atoms with Gasteiger partial charge in [-0.3, -0.25) is 0 Å². The molecule has 1 atom stereocenters. The highest BCUT2D eigenvalue weighted by Gasteiger charge is 2.30. The lowest BCUT2D eigenvalue weighted by atomic mass is 10.1. The maximum absolute atomic E-state index is 13.1. The number of pyridine rings is 1. The molecule has 4 nitrogen and oxygen atoms in total. The van der Waals surface area contributed by atoms with Crippen LogP contribution in [0.4, 0.5) is 17.1 Å². The molecule has 0 bridgehead atoms. The summed E-state index contributed by atoms with van der Waals surface area (Å²) in [5.74, 6) is 0. The van der Waals surface area contributed by atoms with Crippen LogP contribution in [0.5, 0.6) is 0 Å². The van der Waals surface area contributed by atoms with Crippen molar-refractivity contribution in [1.29, 1.82) is 0 Å². The Morgan fingerprint density at radius 3 is 2.70 bits per heavy atom. The number of aromatic nitrogens is 1. The summed E-state index contributed by atoms with van der Waals surface area (Å²) in [5, 5.41) is 1.90. The first kappa shape index (κ1) is 21.2. The highest BCUT2D eigenvalue weighted by molar-refractivity contribution is 7.85. The highest BCUT2D eigenvalue weighted by atomic mass is 35.5. The minimum atomic E-state index is -1.27. The van der Waals surface area contributed by atoms with Gasteiger partial charge in [0.25, 0.3) is 0 Å². The van der Waals surface area contributed by atoms with Gasteiger partial charge in [-0.1, -0.05) is 29.3 Å². The molecular weight excluding hydrogens is 437 g/mol.